The van der Waals surface area contributed by atoms with Crippen LogP contribution in [0.2, 0.25) is 5.02 Å². The summed E-state index contributed by atoms with van der Waals surface area (Å²) in [6.07, 6.45) is 3.28. The second-order valence-corrected chi connectivity index (χ2v) is 7.55. The van der Waals surface area contributed by atoms with E-state index in [9.17, 15) is 9.18 Å². The van der Waals surface area contributed by atoms with Crippen LogP contribution >= 0.6 is 11.6 Å². The van der Waals surface area contributed by atoms with E-state index in [0.29, 0.717) is 27.7 Å². The Morgan fingerprint density at radius 1 is 1.00 bits per heavy atom. The average molecular weight is 490 g/mol. The van der Waals surface area contributed by atoms with Crippen LogP contribution in [0.5, 0.6) is 0 Å². The summed E-state index contributed by atoms with van der Waals surface area (Å²) < 4.78 is 14.9. The van der Waals surface area contributed by atoms with E-state index in [-0.39, 0.29) is 12.4 Å². The van der Waals surface area contributed by atoms with Gasteiger partial charge < -0.3 is 10.4 Å². The molecule has 0 aliphatic heterocycles. The molecule has 3 heterocycles. The molecule has 0 atom stereocenters. The molecule has 0 saturated carbocycles. The number of imidazole rings is 1. The Hall–Kier alpha value is -4.63. The van der Waals surface area contributed by atoms with E-state index in [1.807, 2.05) is 36.4 Å². The van der Waals surface area contributed by atoms with Crippen molar-refractivity contribution in [2.24, 2.45) is 0 Å². The quantitative estimate of drug-likeness (QED) is 0.336. The van der Waals surface area contributed by atoms with Crippen molar-refractivity contribution in [3.8, 4) is 22.5 Å². The van der Waals surface area contributed by atoms with Gasteiger partial charge in [0.2, 0.25) is 0 Å². The number of carbonyl (C=O) groups excluding carboxylic acids is 1. The molecule has 2 aromatic carbocycles. The second kappa shape index (κ2) is 10.5. The normalized spacial score (nSPS) is 10.3. The minimum absolute atomic E-state index is 0.250. The number of hydrogen-bond donors (Lipinski definition) is 2. The number of anilines is 1. The molecule has 0 saturated heterocycles. The first-order valence-electron chi connectivity index (χ1n) is 10.2. The van der Waals surface area contributed by atoms with E-state index < -0.39 is 5.82 Å². The molecule has 1 amide bonds. The molecule has 0 fully saturated rings. The van der Waals surface area contributed by atoms with Gasteiger partial charge >= 0.3 is 0 Å². The molecule has 5 aromatic rings. The SMILES string of the molecule is O=C(Nc1cc(-c2c(-c3cccc(Cl)c3)nc3cccnn23)ccn1)c1ccc(F)cc1.O=CO. The van der Waals surface area contributed by atoms with E-state index in [2.05, 4.69) is 15.4 Å². The van der Waals surface area contributed by atoms with Crippen LogP contribution in [0.3, 0.4) is 0 Å². The van der Waals surface area contributed by atoms with Crippen molar-refractivity contribution in [1.82, 2.24) is 19.6 Å². The zero-order chi connectivity index (χ0) is 24.8. The molecule has 5 rings (SSSR count). The van der Waals surface area contributed by atoms with Gasteiger partial charge in [0.05, 0.1) is 5.69 Å². The largest absolute Gasteiger partial charge is 0.483 e. The number of rotatable bonds is 4. The fraction of sp³-hybridized carbons (Fsp3) is 0. The predicted octanol–water partition coefficient (Wildman–Crippen LogP) is 5.20. The number of amides is 1. The van der Waals surface area contributed by atoms with Gasteiger partial charge in [-0.25, -0.2) is 18.9 Å². The molecule has 0 radical (unpaired) electrons. The van der Waals surface area contributed by atoms with Crippen LogP contribution in [0.1, 0.15) is 10.4 Å². The van der Waals surface area contributed by atoms with Crippen molar-refractivity contribution >= 4 is 35.4 Å². The van der Waals surface area contributed by atoms with Gasteiger partial charge in [-0.2, -0.15) is 5.10 Å². The maximum absolute atomic E-state index is 13.2. The lowest BCUT2D eigenvalue weighted by Gasteiger charge is -2.08. The Balaban J connectivity index is 0.000000917. The van der Waals surface area contributed by atoms with Crippen LogP contribution in [0.25, 0.3) is 28.2 Å². The van der Waals surface area contributed by atoms with Crippen LogP contribution in [-0.4, -0.2) is 37.1 Å². The molecule has 2 N–H and O–H groups in total. The fourth-order valence-corrected chi connectivity index (χ4v) is 3.61. The van der Waals surface area contributed by atoms with Gasteiger partial charge in [-0.1, -0.05) is 23.7 Å². The minimum Gasteiger partial charge on any atom is -0.483 e. The summed E-state index contributed by atoms with van der Waals surface area (Å²) in [5.74, 6) is -0.448. The number of aromatic nitrogens is 4. The highest BCUT2D eigenvalue weighted by molar-refractivity contribution is 6.30. The number of halogens is 2. The third-order valence-corrected chi connectivity index (χ3v) is 5.11. The number of benzene rings is 2. The molecule has 0 bridgehead atoms. The third kappa shape index (κ3) is 5.31. The fourth-order valence-electron chi connectivity index (χ4n) is 3.42. The zero-order valence-electron chi connectivity index (χ0n) is 18.0. The van der Waals surface area contributed by atoms with Crippen molar-refractivity contribution in [3.63, 3.8) is 0 Å². The second-order valence-electron chi connectivity index (χ2n) is 7.11. The summed E-state index contributed by atoms with van der Waals surface area (Å²) in [4.78, 5) is 29.9. The number of carboxylic acid groups (broad SMARTS) is 1. The van der Waals surface area contributed by atoms with Gasteiger partial charge in [-0.05, 0) is 60.7 Å². The van der Waals surface area contributed by atoms with E-state index in [4.69, 9.17) is 26.5 Å². The van der Waals surface area contributed by atoms with Gasteiger partial charge in [-0.15, -0.1) is 0 Å². The summed E-state index contributed by atoms with van der Waals surface area (Å²) in [7, 11) is 0. The van der Waals surface area contributed by atoms with Gasteiger partial charge in [0.25, 0.3) is 12.4 Å². The van der Waals surface area contributed by atoms with E-state index >= 15 is 0 Å². The van der Waals surface area contributed by atoms with Crippen molar-refractivity contribution < 1.29 is 19.1 Å². The first-order valence-corrected chi connectivity index (χ1v) is 10.6. The average Bonchev–Trinajstić information content (AvgIpc) is 3.25. The van der Waals surface area contributed by atoms with Crippen LogP contribution in [0.4, 0.5) is 10.2 Å². The Labute approximate surface area is 203 Å². The van der Waals surface area contributed by atoms with E-state index in [1.54, 1.807) is 29.0 Å². The highest BCUT2D eigenvalue weighted by atomic mass is 35.5. The Bertz CT molecular complexity index is 1510. The summed E-state index contributed by atoms with van der Waals surface area (Å²) in [5, 5.41) is 14.7. The summed E-state index contributed by atoms with van der Waals surface area (Å²) >= 11 is 6.21. The first-order chi connectivity index (χ1) is 17.0. The van der Waals surface area contributed by atoms with Crippen LogP contribution < -0.4 is 5.32 Å². The molecule has 0 unspecified atom stereocenters. The number of pyridine rings is 1. The summed E-state index contributed by atoms with van der Waals surface area (Å²) in [5.41, 5.74) is 4.04. The number of fused-ring (bicyclic) bond motifs is 1. The Morgan fingerprint density at radius 3 is 2.51 bits per heavy atom. The number of hydrogen-bond acceptors (Lipinski definition) is 5. The highest BCUT2D eigenvalue weighted by Gasteiger charge is 2.18. The number of carbonyl (C=O) groups is 2. The van der Waals surface area contributed by atoms with Crippen molar-refractivity contribution in [2.45, 2.75) is 0 Å². The van der Waals surface area contributed by atoms with Crippen molar-refractivity contribution in [1.29, 1.82) is 0 Å². The molecule has 174 valence electrons. The van der Waals surface area contributed by atoms with E-state index in [0.717, 1.165) is 16.8 Å². The molecule has 8 nitrogen and oxygen atoms in total. The standard InChI is InChI=1S/C24H15ClFN5O.CH2O2/c25-18-4-1-3-16(13-18)22-23(31-21(30-22)5-2-11-28-31)17-10-12-27-20(14-17)29-24(32)15-6-8-19(26)9-7-15;2-1-3/h1-14H,(H,27,29,32);1H,(H,2,3). The van der Waals surface area contributed by atoms with Crippen LogP contribution in [0, 0.1) is 5.82 Å². The van der Waals surface area contributed by atoms with E-state index in [1.165, 1.54) is 24.3 Å². The molecule has 0 spiro atoms. The van der Waals surface area contributed by atoms with Gasteiger partial charge in [0.1, 0.15) is 17.3 Å². The highest BCUT2D eigenvalue weighted by Crippen LogP contribution is 2.33. The van der Waals surface area contributed by atoms with Gasteiger partial charge in [0.15, 0.2) is 5.65 Å². The number of nitrogens with one attached hydrogen (secondary N) is 1. The minimum atomic E-state index is -0.407. The predicted molar refractivity (Wildman–Crippen MR) is 130 cm³/mol. The molecular formula is C25H17ClFN5O3. The Morgan fingerprint density at radius 2 is 1.77 bits per heavy atom. The molecule has 3 aromatic heterocycles. The topological polar surface area (TPSA) is 109 Å². The molecule has 35 heavy (non-hydrogen) atoms. The maximum Gasteiger partial charge on any atom is 0.290 e. The lowest BCUT2D eigenvalue weighted by atomic mass is 10.1. The summed E-state index contributed by atoms with van der Waals surface area (Å²) in [6, 6.07) is 20.0. The zero-order valence-corrected chi connectivity index (χ0v) is 18.7. The molecule has 10 heteroatoms. The maximum atomic E-state index is 13.2. The monoisotopic (exact) mass is 489 g/mol. The number of nitrogens with zero attached hydrogens (tertiary/aromatic N) is 4. The first kappa shape index (κ1) is 23.5. The smallest absolute Gasteiger partial charge is 0.290 e. The van der Waals surface area contributed by atoms with Crippen molar-refractivity contribution in [2.75, 3.05) is 5.32 Å². The van der Waals surface area contributed by atoms with Gasteiger partial charge in [0, 0.05) is 34.1 Å². The molecular weight excluding hydrogens is 473 g/mol. The van der Waals surface area contributed by atoms with Crippen LogP contribution in [0.15, 0.2) is 85.2 Å². The lowest BCUT2D eigenvalue weighted by molar-refractivity contribution is -0.122. The van der Waals surface area contributed by atoms with Crippen molar-refractivity contribution in [3.05, 3.63) is 102 Å². The Kier molecular flexibility index (Phi) is 7.08. The summed E-state index contributed by atoms with van der Waals surface area (Å²) in [6.45, 7) is -0.250. The van der Waals surface area contributed by atoms with Gasteiger partial charge in [-0.3, -0.25) is 9.59 Å². The van der Waals surface area contributed by atoms with Crippen LogP contribution in [-0.2, 0) is 4.79 Å². The molecule has 0 aliphatic rings. The lowest BCUT2D eigenvalue weighted by Crippen LogP contribution is -2.13. The third-order valence-electron chi connectivity index (χ3n) is 4.87. The molecule has 0 aliphatic carbocycles.